The number of carbonyl (C=O) groups excluding carboxylic acids is 2. The number of halogens is 2. The normalized spacial score (nSPS) is 21.8. The Morgan fingerprint density at radius 2 is 1.09 bits per heavy atom. The van der Waals surface area contributed by atoms with Crippen LogP contribution in [0.3, 0.4) is 0 Å². The zero-order chi connectivity index (χ0) is 46.7. The first-order chi connectivity index (χ1) is 29.7. The lowest BCUT2D eigenvalue weighted by molar-refractivity contribution is -0.00995. The highest BCUT2D eigenvalue weighted by Crippen LogP contribution is 2.25. The minimum atomic E-state index is -0.519. The second kappa shape index (κ2) is 26.8. The van der Waals surface area contributed by atoms with E-state index in [0.29, 0.717) is 42.4 Å². The van der Waals surface area contributed by atoms with Gasteiger partial charge in [0.2, 0.25) is 17.7 Å². The summed E-state index contributed by atoms with van der Waals surface area (Å²) < 4.78 is 49.6. The van der Waals surface area contributed by atoms with Crippen LogP contribution < -0.4 is 29.0 Å². The topological polar surface area (TPSA) is 176 Å². The summed E-state index contributed by atoms with van der Waals surface area (Å²) in [6.07, 6.45) is 9.36. The number of pyridine rings is 3. The number of hydrogen-bond donors (Lipinski definition) is 2. The van der Waals surface area contributed by atoms with Gasteiger partial charge in [0, 0.05) is 61.5 Å². The fourth-order valence-corrected chi connectivity index (χ4v) is 6.50. The number of rotatable bonds is 7. The van der Waals surface area contributed by atoms with E-state index in [9.17, 15) is 19.1 Å². The van der Waals surface area contributed by atoms with E-state index in [0.717, 1.165) is 50.8 Å². The zero-order valence-electron chi connectivity index (χ0n) is 39.7. The lowest BCUT2D eigenvalue weighted by Gasteiger charge is -2.38. The van der Waals surface area contributed by atoms with Crippen LogP contribution >= 0.6 is 12.4 Å². The van der Waals surface area contributed by atoms with Crippen molar-refractivity contribution in [2.75, 3.05) is 41.0 Å². The van der Waals surface area contributed by atoms with Gasteiger partial charge in [-0.1, -0.05) is 0 Å². The molecule has 18 heteroatoms. The standard InChI is InChI=1S/C17H26N2O4.C12H18N2O2.C11H21NO3.C6H6FNO.ClH/c1-12-6-7-14(11-19(12)16(20)23-17(2,3)4)22-15-10-13(21-5)8-9-18-15;1-9-3-4-11(8-14-9)16-12-7-10(15-2)5-6-13-12;1-8-5-6-9(13)7-12(8)10(14)15-11(2,3)4;1-9-5-2-3-8-6(7)4-5;/h8-10,12,14H,6-7,11H2,1-5H3;5-7,9,11,14H,3-4,8H2,1-2H3;8-9,13H,5-7H2,1-4H3;2-4H,1H3;1H/t12-,14-;9-,11-;8-,9-;;/m111../s1. The van der Waals surface area contributed by atoms with E-state index in [2.05, 4.69) is 27.2 Å². The molecule has 0 aliphatic carbocycles. The number of nitrogens with one attached hydrogen (secondary N) is 1. The Morgan fingerprint density at radius 3 is 1.53 bits per heavy atom. The van der Waals surface area contributed by atoms with Gasteiger partial charge in [-0.05, 0) is 119 Å². The van der Waals surface area contributed by atoms with Gasteiger partial charge in [0.15, 0.2) is 0 Å². The van der Waals surface area contributed by atoms with Gasteiger partial charge in [-0.3, -0.25) is 0 Å². The van der Waals surface area contributed by atoms with Gasteiger partial charge in [-0.2, -0.15) is 4.39 Å². The summed E-state index contributed by atoms with van der Waals surface area (Å²) in [5.74, 6) is 2.59. The Hall–Kier alpha value is -4.87. The first kappa shape index (κ1) is 55.3. The summed E-state index contributed by atoms with van der Waals surface area (Å²) in [5, 5.41) is 12.9. The van der Waals surface area contributed by atoms with Crippen LogP contribution in [-0.4, -0.2) is 131 Å². The second-order valence-electron chi connectivity index (χ2n) is 17.7. The molecule has 3 fully saturated rings. The maximum absolute atomic E-state index is 12.3. The summed E-state index contributed by atoms with van der Waals surface area (Å²) >= 11 is 0. The van der Waals surface area contributed by atoms with Crippen molar-refractivity contribution in [3.05, 3.63) is 60.9 Å². The number of methoxy groups -OCH3 is 3. The average Bonchev–Trinajstić information content (AvgIpc) is 3.23. The molecule has 16 nitrogen and oxygen atoms in total. The van der Waals surface area contributed by atoms with Crippen molar-refractivity contribution < 1.29 is 52.2 Å². The molecule has 6 heterocycles. The lowest BCUT2D eigenvalue weighted by Crippen LogP contribution is -2.50. The van der Waals surface area contributed by atoms with Crippen molar-refractivity contribution in [1.29, 1.82) is 0 Å². The predicted octanol–water partition coefficient (Wildman–Crippen LogP) is 8.28. The molecule has 0 aromatic carbocycles. The van der Waals surface area contributed by atoms with E-state index < -0.39 is 23.3 Å². The molecular formula is C46H72ClFN6O10. The molecule has 3 aliphatic heterocycles. The summed E-state index contributed by atoms with van der Waals surface area (Å²) in [6.45, 7) is 19.1. The number of aliphatic hydroxyl groups is 1. The minimum Gasteiger partial charge on any atom is -0.497 e. The number of carbonyl (C=O) groups is 2. The molecule has 3 aromatic heterocycles. The van der Waals surface area contributed by atoms with Crippen molar-refractivity contribution in [3.8, 4) is 29.0 Å². The van der Waals surface area contributed by atoms with Crippen molar-refractivity contribution in [2.24, 2.45) is 0 Å². The van der Waals surface area contributed by atoms with Crippen LogP contribution in [0.15, 0.2) is 55.0 Å². The minimum absolute atomic E-state index is 0. The van der Waals surface area contributed by atoms with E-state index in [1.807, 2.05) is 67.5 Å². The smallest absolute Gasteiger partial charge is 0.410 e. The number of nitrogens with zero attached hydrogens (tertiary/aromatic N) is 5. The molecule has 6 atom stereocenters. The molecule has 3 saturated heterocycles. The molecule has 0 saturated carbocycles. The quantitative estimate of drug-likeness (QED) is 0.217. The van der Waals surface area contributed by atoms with Crippen LogP contribution in [0.4, 0.5) is 14.0 Å². The van der Waals surface area contributed by atoms with Gasteiger partial charge in [0.05, 0.1) is 40.5 Å². The van der Waals surface area contributed by atoms with Crippen molar-refractivity contribution >= 4 is 24.6 Å². The molecule has 64 heavy (non-hydrogen) atoms. The summed E-state index contributed by atoms with van der Waals surface area (Å²) in [5.41, 5.74) is -0.974. The average molecular weight is 924 g/mol. The Bertz CT molecular complexity index is 1830. The first-order valence-corrected chi connectivity index (χ1v) is 21.6. The number of ether oxygens (including phenoxy) is 7. The van der Waals surface area contributed by atoms with Gasteiger partial charge in [0.1, 0.15) is 40.7 Å². The third-order valence-electron chi connectivity index (χ3n) is 9.96. The predicted molar refractivity (Wildman–Crippen MR) is 244 cm³/mol. The number of likely N-dealkylation sites (tertiary alicyclic amines) is 2. The Balaban J connectivity index is 0.000000305. The van der Waals surface area contributed by atoms with E-state index in [1.54, 1.807) is 54.6 Å². The van der Waals surface area contributed by atoms with Crippen LogP contribution in [0, 0.1) is 5.95 Å². The van der Waals surface area contributed by atoms with Crippen LogP contribution in [-0.2, 0) is 9.47 Å². The third kappa shape index (κ3) is 20.8. The molecule has 2 N–H and O–H groups in total. The Morgan fingerprint density at radius 1 is 0.656 bits per heavy atom. The first-order valence-electron chi connectivity index (χ1n) is 21.6. The van der Waals surface area contributed by atoms with Gasteiger partial charge in [-0.25, -0.2) is 24.5 Å². The van der Waals surface area contributed by atoms with Crippen LogP contribution in [0.5, 0.6) is 29.0 Å². The number of aliphatic hydroxyl groups excluding tert-OH is 1. The Kier molecular flexibility index (Phi) is 23.1. The highest BCUT2D eigenvalue weighted by molar-refractivity contribution is 5.85. The van der Waals surface area contributed by atoms with E-state index in [1.165, 1.54) is 19.4 Å². The van der Waals surface area contributed by atoms with Crippen LogP contribution in [0.25, 0.3) is 0 Å². The number of aromatic nitrogens is 3. The molecular weight excluding hydrogens is 851 g/mol. The highest BCUT2D eigenvalue weighted by atomic mass is 35.5. The summed E-state index contributed by atoms with van der Waals surface area (Å²) in [4.78, 5) is 39.1. The lowest BCUT2D eigenvalue weighted by atomic mass is 10.0. The van der Waals surface area contributed by atoms with E-state index in [4.69, 9.17) is 33.2 Å². The molecule has 0 radical (unpaired) electrons. The van der Waals surface area contributed by atoms with E-state index >= 15 is 0 Å². The van der Waals surface area contributed by atoms with E-state index in [-0.39, 0.29) is 48.9 Å². The second-order valence-corrected chi connectivity index (χ2v) is 17.7. The van der Waals surface area contributed by atoms with Gasteiger partial charge in [0.25, 0.3) is 0 Å². The molecule has 0 spiro atoms. The molecule has 0 unspecified atom stereocenters. The van der Waals surface area contributed by atoms with Crippen molar-refractivity contribution in [1.82, 2.24) is 30.1 Å². The summed E-state index contributed by atoms with van der Waals surface area (Å²) in [6, 6.07) is 10.8. The fourth-order valence-electron chi connectivity index (χ4n) is 6.50. The zero-order valence-corrected chi connectivity index (χ0v) is 40.5. The van der Waals surface area contributed by atoms with Crippen LogP contribution in [0.1, 0.15) is 101 Å². The van der Waals surface area contributed by atoms with Crippen molar-refractivity contribution in [2.45, 2.75) is 148 Å². The number of hydrogen-bond acceptors (Lipinski definition) is 14. The molecule has 6 rings (SSSR count). The molecule has 3 aromatic rings. The fraction of sp³-hybridized carbons (Fsp3) is 0.630. The monoisotopic (exact) mass is 922 g/mol. The van der Waals surface area contributed by atoms with Gasteiger partial charge >= 0.3 is 12.2 Å². The molecule has 0 bridgehead atoms. The maximum atomic E-state index is 12.3. The highest BCUT2D eigenvalue weighted by Gasteiger charge is 2.34. The summed E-state index contributed by atoms with van der Waals surface area (Å²) in [7, 11) is 4.73. The number of amides is 2. The third-order valence-corrected chi connectivity index (χ3v) is 9.96. The molecule has 2 amide bonds. The SMILES string of the molecule is COc1ccnc(F)c1.COc1ccnc(O[C@@H]2CC[C@@H](C)N(C(=O)OC(C)(C)C)C2)c1.COc1ccnc(O[C@@H]2CC[C@@H](C)NC2)c1.C[C@@H]1CC[C@@H](O)CN1C(=O)OC(C)(C)C.Cl. The van der Waals surface area contributed by atoms with Gasteiger partial charge in [-0.15, -0.1) is 12.4 Å². The molecule has 360 valence electrons. The number of β-amino-alcohol motifs (C(OH)–C–C–N with tert-alkyl or cyclic N) is 1. The molecule has 3 aliphatic rings. The number of piperidine rings is 3. The maximum Gasteiger partial charge on any atom is 0.410 e. The van der Waals surface area contributed by atoms with Crippen molar-refractivity contribution in [3.63, 3.8) is 0 Å². The van der Waals surface area contributed by atoms with Gasteiger partial charge < -0.3 is 53.4 Å². The largest absolute Gasteiger partial charge is 0.497 e. The Labute approximate surface area is 385 Å². The van der Waals surface area contributed by atoms with Crippen LogP contribution in [0.2, 0.25) is 0 Å².